The maximum absolute atomic E-state index is 12.5. The molecule has 114 valence electrons. The van der Waals surface area contributed by atoms with E-state index in [1.165, 1.54) is 6.07 Å². The Labute approximate surface area is 145 Å². The second-order valence-corrected chi connectivity index (χ2v) is 8.42. The maximum Gasteiger partial charge on any atom is 0.191 e. The quantitative estimate of drug-likeness (QED) is 0.613. The van der Waals surface area contributed by atoms with Crippen LogP contribution in [0, 0.1) is 6.92 Å². The molecule has 22 heavy (non-hydrogen) atoms. The van der Waals surface area contributed by atoms with E-state index in [-0.39, 0.29) is 11.3 Å². The highest BCUT2D eigenvalue weighted by Gasteiger charge is 2.50. The molecule has 2 aliphatic heterocycles. The number of ether oxygens (including phenoxy) is 1. The Balaban J connectivity index is 1.94. The smallest absolute Gasteiger partial charge is 0.191 e. The first kappa shape index (κ1) is 14.7. The van der Waals surface area contributed by atoms with Crippen molar-refractivity contribution in [2.45, 2.75) is 22.3 Å². The highest BCUT2D eigenvalue weighted by molar-refractivity contribution is 9.09. The van der Waals surface area contributed by atoms with Crippen molar-refractivity contribution in [2.75, 3.05) is 12.4 Å². The van der Waals surface area contributed by atoms with Crippen LogP contribution >= 0.6 is 39.3 Å². The molecule has 0 saturated carbocycles. The molecule has 2 aromatic rings. The molecule has 6 heteroatoms. The van der Waals surface area contributed by atoms with Crippen LogP contribution in [0.25, 0.3) is 0 Å². The van der Waals surface area contributed by atoms with Crippen LogP contribution in [0.15, 0.2) is 38.6 Å². The van der Waals surface area contributed by atoms with E-state index in [0.717, 1.165) is 17.1 Å². The molecule has 3 heterocycles. The maximum atomic E-state index is 12.5. The van der Waals surface area contributed by atoms with Crippen LogP contribution in [-0.4, -0.2) is 12.4 Å². The van der Waals surface area contributed by atoms with Crippen molar-refractivity contribution < 1.29 is 9.15 Å². The third-order valence-corrected chi connectivity index (χ3v) is 6.64. The van der Waals surface area contributed by atoms with Crippen molar-refractivity contribution in [1.82, 2.24) is 0 Å². The number of hydrogen-bond donors (Lipinski definition) is 0. The topological polar surface area (TPSA) is 39.4 Å². The van der Waals surface area contributed by atoms with Crippen molar-refractivity contribution in [3.8, 4) is 5.75 Å². The summed E-state index contributed by atoms with van der Waals surface area (Å²) in [5.74, 6) is 2.38. The lowest BCUT2D eigenvalue weighted by Gasteiger charge is -2.43. The third-order valence-electron chi connectivity index (χ3n) is 4.17. The van der Waals surface area contributed by atoms with Gasteiger partial charge in [-0.05, 0) is 25.1 Å². The number of rotatable bonds is 0. The highest BCUT2D eigenvalue weighted by atomic mass is 79.9. The lowest BCUT2D eigenvalue weighted by Crippen LogP contribution is -2.44. The minimum atomic E-state index is -0.570. The van der Waals surface area contributed by atoms with Gasteiger partial charge in [-0.2, -0.15) is 0 Å². The first-order valence-electron chi connectivity index (χ1n) is 6.88. The van der Waals surface area contributed by atoms with E-state index in [1.807, 2.05) is 18.2 Å². The molecule has 0 amide bonds. The summed E-state index contributed by atoms with van der Waals surface area (Å²) in [4.78, 5) is 12.5. The zero-order valence-electron chi connectivity index (χ0n) is 11.7. The van der Waals surface area contributed by atoms with Gasteiger partial charge in [-0.3, -0.25) is 4.79 Å². The largest absolute Gasteiger partial charge is 0.491 e. The summed E-state index contributed by atoms with van der Waals surface area (Å²) in [7, 11) is 0. The molecule has 2 atom stereocenters. The van der Waals surface area contributed by atoms with Crippen molar-refractivity contribution in [3.05, 3.63) is 56.4 Å². The average molecular weight is 400 g/mol. The third kappa shape index (κ3) is 2.06. The lowest BCUT2D eigenvalue weighted by molar-refractivity contribution is 0.218. The van der Waals surface area contributed by atoms with Gasteiger partial charge in [0.15, 0.2) is 10.5 Å². The van der Waals surface area contributed by atoms with E-state index >= 15 is 0 Å². The van der Waals surface area contributed by atoms with Gasteiger partial charge in [-0.1, -0.05) is 39.3 Å². The molecule has 0 bridgehead atoms. The molecule has 2 aliphatic rings. The van der Waals surface area contributed by atoms with Crippen molar-refractivity contribution in [3.63, 3.8) is 0 Å². The Morgan fingerprint density at radius 2 is 2.23 bits per heavy atom. The molecular weight excluding hydrogens is 388 g/mol. The summed E-state index contributed by atoms with van der Waals surface area (Å²) < 4.78 is 11.1. The SMILES string of the molecule is Cc1cc(=O)c2c(o1)SC[C@H]1c3cc(Cl)ccc3OC[C@@]21Br. The molecule has 0 saturated heterocycles. The summed E-state index contributed by atoms with van der Waals surface area (Å²) in [6.45, 7) is 2.19. The molecule has 0 spiro atoms. The highest BCUT2D eigenvalue weighted by Crippen LogP contribution is 2.56. The fourth-order valence-electron chi connectivity index (χ4n) is 3.14. The predicted molar refractivity (Wildman–Crippen MR) is 90.7 cm³/mol. The van der Waals surface area contributed by atoms with Gasteiger partial charge in [0.05, 0.1) is 5.56 Å². The average Bonchev–Trinajstić information content (AvgIpc) is 2.45. The minimum Gasteiger partial charge on any atom is -0.491 e. The molecular formula is C16H12BrClO3S. The Morgan fingerprint density at radius 1 is 1.41 bits per heavy atom. The van der Waals surface area contributed by atoms with Crippen LogP contribution in [0.5, 0.6) is 5.75 Å². The normalized spacial score (nSPS) is 25.7. The Hall–Kier alpha value is -0.910. The van der Waals surface area contributed by atoms with Crippen molar-refractivity contribution in [2.24, 2.45) is 0 Å². The van der Waals surface area contributed by atoms with Gasteiger partial charge in [-0.15, -0.1) is 0 Å². The van der Waals surface area contributed by atoms with Crippen molar-refractivity contribution in [1.29, 1.82) is 0 Å². The van der Waals surface area contributed by atoms with Gasteiger partial charge in [-0.25, -0.2) is 0 Å². The molecule has 0 unspecified atom stereocenters. The van der Waals surface area contributed by atoms with Gasteiger partial charge in [0.2, 0.25) is 0 Å². The number of fused-ring (bicyclic) bond motifs is 5. The first-order chi connectivity index (χ1) is 10.5. The van der Waals surface area contributed by atoms with Gasteiger partial charge >= 0.3 is 0 Å². The van der Waals surface area contributed by atoms with E-state index in [4.69, 9.17) is 20.8 Å². The minimum absolute atomic E-state index is 0.0121. The number of thioether (sulfide) groups is 1. The predicted octanol–water partition coefficient (Wildman–Crippen LogP) is 4.47. The van der Waals surface area contributed by atoms with Gasteiger partial charge < -0.3 is 9.15 Å². The number of aryl methyl sites for hydroxylation is 1. The number of benzene rings is 1. The second kappa shape index (κ2) is 5.05. The number of alkyl halides is 1. The van der Waals surface area contributed by atoms with Gasteiger partial charge in [0.25, 0.3) is 0 Å². The van der Waals surface area contributed by atoms with Gasteiger partial charge in [0, 0.05) is 28.3 Å². The van der Waals surface area contributed by atoms with E-state index in [1.54, 1.807) is 18.7 Å². The number of halogens is 2. The first-order valence-corrected chi connectivity index (χ1v) is 9.04. The lowest BCUT2D eigenvalue weighted by atomic mass is 9.81. The monoisotopic (exact) mass is 398 g/mol. The molecule has 4 rings (SSSR count). The van der Waals surface area contributed by atoms with Crippen LogP contribution in [0.3, 0.4) is 0 Å². The Morgan fingerprint density at radius 3 is 3.05 bits per heavy atom. The Kier molecular flexibility index (Phi) is 3.36. The molecule has 0 fully saturated rings. The summed E-state index contributed by atoms with van der Waals surface area (Å²) in [6.07, 6.45) is 0. The summed E-state index contributed by atoms with van der Waals surface area (Å²) in [5.41, 5.74) is 1.68. The number of hydrogen-bond acceptors (Lipinski definition) is 4. The Bertz CT molecular complexity index is 835. The summed E-state index contributed by atoms with van der Waals surface area (Å²) >= 11 is 11.5. The molecule has 0 aliphatic carbocycles. The summed E-state index contributed by atoms with van der Waals surface area (Å²) in [5, 5.41) is 1.36. The van der Waals surface area contributed by atoms with E-state index in [0.29, 0.717) is 28.0 Å². The molecule has 0 N–H and O–H groups in total. The second-order valence-electron chi connectivity index (χ2n) is 5.58. The van der Waals surface area contributed by atoms with E-state index < -0.39 is 4.32 Å². The molecule has 1 aromatic heterocycles. The van der Waals surface area contributed by atoms with Gasteiger partial charge in [0.1, 0.15) is 22.4 Å². The van der Waals surface area contributed by atoms with Crippen LogP contribution < -0.4 is 10.2 Å². The standard InChI is InChI=1S/C16H12BrClO3S/c1-8-4-12(19)14-15(21-8)22-6-11-10-5-9(18)2-3-13(10)20-7-16(11,14)17/h2-5,11H,6-7H2,1H3/t11-,16-/m0/s1. The molecule has 3 nitrogen and oxygen atoms in total. The van der Waals surface area contributed by atoms with E-state index in [9.17, 15) is 4.79 Å². The van der Waals surface area contributed by atoms with E-state index in [2.05, 4.69) is 15.9 Å². The van der Waals surface area contributed by atoms with Crippen LogP contribution in [-0.2, 0) is 4.32 Å². The van der Waals surface area contributed by atoms with Crippen molar-refractivity contribution >= 4 is 39.3 Å². The molecule has 1 aromatic carbocycles. The molecule has 0 radical (unpaired) electrons. The fraction of sp³-hybridized carbons (Fsp3) is 0.312. The zero-order chi connectivity index (χ0) is 15.5. The zero-order valence-corrected chi connectivity index (χ0v) is 14.8. The van der Waals surface area contributed by atoms with Crippen LogP contribution in [0.4, 0.5) is 0 Å². The van der Waals surface area contributed by atoms with Crippen LogP contribution in [0.1, 0.15) is 22.8 Å². The van der Waals surface area contributed by atoms with Crippen LogP contribution in [0.2, 0.25) is 5.02 Å². The fourth-order valence-corrected chi connectivity index (χ4v) is 5.96. The summed E-state index contributed by atoms with van der Waals surface area (Å²) in [6, 6.07) is 7.18.